The molecule has 14 heteroatoms. The van der Waals surface area contributed by atoms with E-state index in [2.05, 4.69) is 10.6 Å². The van der Waals surface area contributed by atoms with Crippen molar-refractivity contribution < 1.29 is 42.9 Å². The third-order valence-corrected chi connectivity index (χ3v) is 3.74. The third kappa shape index (κ3) is 23.9. The molecule has 0 saturated carbocycles. The molecule has 3 amide bonds. The lowest BCUT2D eigenvalue weighted by Gasteiger charge is -2.26. The molecule has 0 heterocycles. The molecule has 0 aliphatic heterocycles. The number of primary amides is 1. The molecule has 0 unspecified atom stereocenters. The number of nitrogens with one attached hydrogen (secondary N) is 2. The standard InChI is InChI=1S/C13H24N2O5.C13H24N2O4S/c1-12(2,3)19-10(17)8(7-9(14)16)15-11(18)20-13(4,5)6;1-12(2,3)18-10(16)8(7-9(14)20)15-11(17)19-13(4,5)6/h8H,7H2,1-6H3,(H2,14,16)(H,15,18);8H,7H2,1-6H3,(H2,14,20)(H,15,17)/t2*8-/m00/s1. The minimum atomic E-state index is -1.17. The van der Waals surface area contributed by atoms with Crippen LogP contribution in [0.5, 0.6) is 0 Å². The second kappa shape index (κ2) is 15.6. The molecule has 0 aromatic carbocycles. The Hall–Kier alpha value is -3.16. The van der Waals surface area contributed by atoms with Crippen LogP contribution in [0.1, 0.15) is 95.9 Å². The number of alkyl carbamates (subject to hydrolysis) is 2. The fourth-order valence-electron chi connectivity index (χ4n) is 2.43. The monoisotopic (exact) mass is 592 g/mol. The lowest BCUT2D eigenvalue weighted by atomic mass is 10.1. The Bertz CT molecular complexity index is 837. The maximum atomic E-state index is 12.0. The Morgan fingerprint density at radius 1 is 0.575 bits per heavy atom. The van der Waals surface area contributed by atoms with E-state index >= 15 is 0 Å². The SMILES string of the molecule is CC(C)(C)OC(=O)N[C@@H](CC(N)=O)C(=O)OC(C)(C)C.CC(C)(C)OC(=O)N[C@@H](CC(N)=S)C(=O)OC(C)(C)C. The molecule has 0 aliphatic rings. The topological polar surface area (TPSA) is 198 Å². The Morgan fingerprint density at radius 3 is 1.07 bits per heavy atom. The fourth-order valence-corrected chi connectivity index (χ4v) is 2.60. The first-order valence-corrected chi connectivity index (χ1v) is 13.0. The minimum absolute atomic E-state index is 0.0174. The van der Waals surface area contributed by atoms with Crippen LogP contribution in [0.15, 0.2) is 0 Å². The van der Waals surface area contributed by atoms with Crippen molar-refractivity contribution in [2.45, 2.75) is 130 Å². The zero-order valence-corrected chi connectivity index (χ0v) is 26.6. The van der Waals surface area contributed by atoms with Gasteiger partial charge in [0, 0.05) is 6.42 Å². The van der Waals surface area contributed by atoms with Crippen LogP contribution in [-0.2, 0) is 33.3 Å². The van der Waals surface area contributed by atoms with Crippen LogP contribution < -0.4 is 22.1 Å². The fraction of sp³-hybridized carbons (Fsp3) is 0.769. The molecular formula is C26H48N4O9S. The molecule has 6 N–H and O–H groups in total. The van der Waals surface area contributed by atoms with Gasteiger partial charge in [0.15, 0.2) is 0 Å². The summed E-state index contributed by atoms with van der Waals surface area (Å²) in [7, 11) is 0. The second-order valence-electron chi connectivity index (χ2n) is 12.8. The van der Waals surface area contributed by atoms with Crippen molar-refractivity contribution in [1.82, 2.24) is 10.6 Å². The number of ether oxygens (including phenoxy) is 4. The Morgan fingerprint density at radius 2 is 0.850 bits per heavy atom. The predicted molar refractivity (Wildman–Crippen MR) is 153 cm³/mol. The Balaban J connectivity index is 0. The van der Waals surface area contributed by atoms with Crippen molar-refractivity contribution >= 4 is 47.2 Å². The van der Waals surface area contributed by atoms with Crippen molar-refractivity contribution in [3.8, 4) is 0 Å². The molecule has 0 aromatic rings. The highest BCUT2D eigenvalue weighted by atomic mass is 32.1. The number of amides is 3. The first-order valence-electron chi connectivity index (χ1n) is 12.6. The number of rotatable bonds is 8. The number of carbonyl (C=O) groups is 5. The van der Waals surface area contributed by atoms with Gasteiger partial charge in [0.25, 0.3) is 0 Å². The van der Waals surface area contributed by atoms with Gasteiger partial charge in [0.05, 0.1) is 11.4 Å². The highest BCUT2D eigenvalue weighted by molar-refractivity contribution is 7.80. The van der Waals surface area contributed by atoms with E-state index in [1.165, 1.54) is 0 Å². The molecule has 0 aliphatic carbocycles. The number of hydrogen-bond acceptors (Lipinski definition) is 10. The average Bonchev–Trinajstić information content (AvgIpc) is 2.60. The van der Waals surface area contributed by atoms with Crippen LogP contribution in [0.25, 0.3) is 0 Å². The van der Waals surface area contributed by atoms with Gasteiger partial charge in [0.2, 0.25) is 5.91 Å². The Kier molecular flexibility index (Phi) is 15.2. The molecule has 40 heavy (non-hydrogen) atoms. The highest BCUT2D eigenvalue weighted by Crippen LogP contribution is 2.13. The first kappa shape index (κ1) is 39.0. The summed E-state index contributed by atoms with van der Waals surface area (Å²) in [6.45, 7) is 20.5. The van der Waals surface area contributed by atoms with Gasteiger partial charge in [0.1, 0.15) is 34.5 Å². The summed E-state index contributed by atoms with van der Waals surface area (Å²) >= 11 is 4.77. The number of thiocarbonyl (C=S) groups is 1. The summed E-state index contributed by atoms with van der Waals surface area (Å²) in [6, 6.07) is -2.12. The zero-order valence-electron chi connectivity index (χ0n) is 25.8. The quantitative estimate of drug-likeness (QED) is 0.183. The molecule has 0 spiro atoms. The number of nitrogens with two attached hydrogens (primary N) is 2. The van der Waals surface area contributed by atoms with Gasteiger partial charge in [-0.3, -0.25) is 4.79 Å². The van der Waals surface area contributed by atoms with Crippen LogP contribution in [0.4, 0.5) is 9.59 Å². The van der Waals surface area contributed by atoms with E-state index in [9.17, 15) is 24.0 Å². The van der Waals surface area contributed by atoms with Crippen LogP contribution in [0, 0.1) is 0 Å². The lowest BCUT2D eigenvalue weighted by molar-refractivity contribution is -0.158. The molecule has 0 saturated heterocycles. The van der Waals surface area contributed by atoms with Crippen molar-refractivity contribution in [2.24, 2.45) is 11.5 Å². The van der Waals surface area contributed by atoms with E-state index in [4.69, 9.17) is 42.6 Å². The molecule has 0 aromatic heterocycles. The van der Waals surface area contributed by atoms with E-state index < -0.39 is 64.5 Å². The predicted octanol–water partition coefficient (Wildman–Crippen LogP) is 2.99. The van der Waals surface area contributed by atoms with Crippen molar-refractivity contribution in [2.75, 3.05) is 0 Å². The van der Waals surface area contributed by atoms with E-state index in [-0.39, 0.29) is 17.8 Å². The van der Waals surface area contributed by atoms with Gasteiger partial charge < -0.3 is 41.0 Å². The van der Waals surface area contributed by atoms with E-state index in [0.717, 1.165) is 0 Å². The molecule has 0 bridgehead atoms. The largest absolute Gasteiger partial charge is 0.458 e. The average molecular weight is 593 g/mol. The van der Waals surface area contributed by atoms with Gasteiger partial charge in [-0.2, -0.15) is 0 Å². The van der Waals surface area contributed by atoms with Crippen molar-refractivity contribution in [1.29, 1.82) is 0 Å². The third-order valence-electron chi connectivity index (χ3n) is 3.58. The van der Waals surface area contributed by atoms with Gasteiger partial charge in [-0.25, -0.2) is 19.2 Å². The van der Waals surface area contributed by atoms with Crippen LogP contribution in [-0.4, -0.2) is 69.5 Å². The van der Waals surface area contributed by atoms with Crippen LogP contribution in [0.2, 0.25) is 0 Å². The maximum absolute atomic E-state index is 12.0. The molecule has 13 nitrogen and oxygen atoms in total. The molecular weight excluding hydrogens is 544 g/mol. The number of carbonyl (C=O) groups excluding carboxylic acids is 5. The van der Waals surface area contributed by atoms with E-state index in [0.29, 0.717) is 0 Å². The normalized spacial score (nSPS) is 13.3. The van der Waals surface area contributed by atoms with Gasteiger partial charge in [-0.05, 0) is 83.1 Å². The molecule has 0 radical (unpaired) electrons. The molecule has 0 rings (SSSR count). The first-order chi connectivity index (χ1) is 17.6. The lowest BCUT2D eigenvalue weighted by Crippen LogP contribution is -2.47. The summed E-state index contributed by atoms with van der Waals surface area (Å²) in [4.78, 5) is 58.3. The summed E-state index contributed by atoms with van der Waals surface area (Å²) < 4.78 is 20.4. The highest BCUT2D eigenvalue weighted by Gasteiger charge is 2.30. The Labute approximate surface area is 242 Å². The van der Waals surface area contributed by atoms with Crippen molar-refractivity contribution in [3.63, 3.8) is 0 Å². The zero-order chi connectivity index (χ0) is 32.3. The van der Waals surface area contributed by atoms with Crippen molar-refractivity contribution in [3.05, 3.63) is 0 Å². The summed E-state index contributed by atoms with van der Waals surface area (Å²) in [5, 5.41) is 4.71. The van der Waals surface area contributed by atoms with Gasteiger partial charge in [-0.1, -0.05) is 12.2 Å². The second-order valence-corrected chi connectivity index (χ2v) is 13.3. The van der Waals surface area contributed by atoms with Crippen LogP contribution >= 0.6 is 12.2 Å². The smallest absolute Gasteiger partial charge is 0.408 e. The molecule has 232 valence electrons. The summed E-state index contributed by atoms with van der Waals surface area (Å²) in [5.41, 5.74) is 7.72. The number of esters is 2. The van der Waals surface area contributed by atoms with Gasteiger partial charge >= 0.3 is 24.1 Å². The summed E-state index contributed by atoms with van der Waals surface area (Å²) in [5.74, 6) is -2.06. The van der Waals surface area contributed by atoms with Gasteiger partial charge in [-0.15, -0.1) is 0 Å². The van der Waals surface area contributed by atoms with Crippen LogP contribution in [0.3, 0.4) is 0 Å². The minimum Gasteiger partial charge on any atom is -0.458 e. The number of hydrogen-bond donors (Lipinski definition) is 4. The van der Waals surface area contributed by atoms with E-state index in [1.54, 1.807) is 83.1 Å². The maximum Gasteiger partial charge on any atom is 0.408 e. The summed E-state index contributed by atoms with van der Waals surface area (Å²) in [6.07, 6.45) is -1.86. The van der Waals surface area contributed by atoms with E-state index in [1.807, 2.05) is 0 Å². The molecule has 0 fully saturated rings. The molecule has 2 atom stereocenters.